The molecule has 8 nitrogen and oxygen atoms in total. The van der Waals surface area contributed by atoms with Crippen molar-refractivity contribution in [1.29, 1.82) is 0 Å². The fourth-order valence-electron chi connectivity index (χ4n) is 5.45. The number of hydrogen-bond donors (Lipinski definition) is 3. The van der Waals surface area contributed by atoms with Crippen LogP contribution in [-0.2, 0) is 11.3 Å². The van der Waals surface area contributed by atoms with Crippen LogP contribution in [0.4, 0.5) is 4.79 Å². The Hall–Kier alpha value is -4.33. The Balaban J connectivity index is 1.36. The molecular weight excluding hydrogens is 504 g/mol. The highest BCUT2D eigenvalue weighted by Crippen LogP contribution is 2.27. The van der Waals surface area contributed by atoms with Crippen LogP contribution in [0.25, 0.3) is 21.7 Å². The van der Waals surface area contributed by atoms with Gasteiger partial charge in [0.2, 0.25) is 5.91 Å². The van der Waals surface area contributed by atoms with Gasteiger partial charge >= 0.3 is 6.09 Å². The molecule has 1 aromatic heterocycles. The summed E-state index contributed by atoms with van der Waals surface area (Å²) in [6, 6.07) is 22.1. The monoisotopic (exact) mass is 539 g/mol. The maximum Gasteiger partial charge on any atom is 0.407 e. The number of alkyl carbamates (subject to hydrolysis) is 1. The molecule has 1 saturated carbocycles. The second-order valence-electron chi connectivity index (χ2n) is 11.5. The summed E-state index contributed by atoms with van der Waals surface area (Å²) in [4.78, 5) is 37.9. The highest BCUT2D eigenvalue weighted by molar-refractivity contribution is 6.00. The minimum atomic E-state index is -0.543. The number of nitrogens with two attached hydrogens (primary N) is 1. The van der Waals surface area contributed by atoms with Gasteiger partial charge in [0.1, 0.15) is 11.3 Å². The summed E-state index contributed by atoms with van der Waals surface area (Å²) in [6.45, 7) is 5.91. The lowest BCUT2D eigenvalue weighted by Gasteiger charge is -2.30. The molecule has 207 valence electrons. The molecule has 40 heavy (non-hydrogen) atoms. The van der Waals surface area contributed by atoms with Gasteiger partial charge in [-0.05, 0) is 93.1 Å². The lowest BCUT2D eigenvalue weighted by Crippen LogP contribution is -2.45. The SMILES string of the molecule is CC(C)(C)OC(=O)N[C@H]1CC[C@H](NC(=O)c2cc3cc[c]cc3n2Cc2cc(C(N)=O)cc3ccccc23)CC1. The molecule has 0 bridgehead atoms. The molecule has 0 aliphatic heterocycles. The Bertz CT molecular complexity index is 1580. The Morgan fingerprint density at radius 2 is 1.68 bits per heavy atom. The highest BCUT2D eigenvalue weighted by Gasteiger charge is 2.27. The molecule has 8 heteroatoms. The van der Waals surface area contributed by atoms with Crippen molar-refractivity contribution in [3.63, 3.8) is 0 Å². The number of amides is 3. The zero-order valence-electron chi connectivity index (χ0n) is 23.1. The fourth-order valence-corrected chi connectivity index (χ4v) is 5.45. The van der Waals surface area contributed by atoms with Crippen molar-refractivity contribution in [2.75, 3.05) is 0 Å². The Morgan fingerprint density at radius 3 is 2.38 bits per heavy atom. The van der Waals surface area contributed by atoms with E-state index in [1.54, 1.807) is 6.07 Å². The topological polar surface area (TPSA) is 115 Å². The molecule has 1 radical (unpaired) electrons. The van der Waals surface area contributed by atoms with Gasteiger partial charge in [0, 0.05) is 35.1 Å². The summed E-state index contributed by atoms with van der Waals surface area (Å²) >= 11 is 0. The van der Waals surface area contributed by atoms with Gasteiger partial charge in [-0.1, -0.05) is 36.4 Å². The second kappa shape index (κ2) is 11.0. The zero-order valence-corrected chi connectivity index (χ0v) is 23.1. The van der Waals surface area contributed by atoms with E-state index in [0.29, 0.717) is 17.8 Å². The third-order valence-electron chi connectivity index (χ3n) is 7.33. The first-order valence-corrected chi connectivity index (χ1v) is 13.7. The predicted octanol–water partition coefficient (Wildman–Crippen LogP) is 5.31. The number of aromatic nitrogens is 1. The second-order valence-corrected chi connectivity index (χ2v) is 11.5. The van der Waals surface area contributed by atoms with Crippen LogP contribution >= 0.6 is 0 Å². The van der Waals surface area contributed by atoms with Crippen LogP contribution in [0.15, 0.2) is 60.7 Å². The first-order chi connectivity index (χ1) is 19.1. The minimum Gasteiger partial charge on any atom is -0.444 e. The summed E-state index contributed by atoms with van der Waals surface area (Å²) < 4.78 is 7.35. The average molecular weight is 540 g/mol. The summed E-state index contributed by atoms with van der Waals surface area (Å²) in [5.41, 5.74) is 7.84. The lowest BCUT2D eigenvalue weighted by atomic mass is 9.91. The molecule has 0 atom stereocenters. The zero-order chi connectivity index (χ0) is 28.4. The molecule has 5 rings (SSSR count). The van der Waals surface area contributed by atoms with Crippen LogP contribution in [0.5, 0.6) is 0 Å². The van der Waals surface area contributed by atoms with Crippen LogP contribution in [0.2, 0.25) is 0 Å². The first kappa shape index (κ1) is 27.2. The summed E-state index contributed by atoms with van der Waals surface area (Å²) in [7, 11) is 0. The van der Waals surface area contributed by atoms with Crippen molar-refractivity contribution in [1.82, 2.24) is 15.2 Å². The molecule has 1 aliphatic rings. The molecule has 1 fully saturated rings. The highest BCUT2D eigenvalue weighted by atomic mass is 16.6. The number of hydrogen-bond acceptors (Lipinski definition) is 4. The lowest BCUT2D eigenvalue weighted by molar-refractivity contribution is 0.0487. The molecule has 0 saturated heterocycles. The standard InChI is InChI=1S/C32H35N4O4/c1-32(2,3)40-31(39)35-25-14-12-24(13-15-25)34-30(38)28-18-21-9-5-7-11-27(21)36(28)19-23-17-22(29(33)37)16-20-8-4-6-10-26(20)23/h4-6,8-11,16-18,24-25H,12-15,19H2,1-3H3,(H2,33,37)(H,34,38)(H,35,39)/t24-,25-. The number of ether oxygens (including phenoxy) is 1. The number of carbonyl (C=O) groups excluding carboxylic acids is 3. The predicted molar refractivity (Wildman–Crippen MR) is 155 cm³/mol. The molecule has 3 amide bonds. The van der Waals surface area contributed by atoms with E-state index in [1.807, 2.05) is 79.9 Å². The van der Waals surface area contributed by atoms with Crippen LogP contribution in [0.3, 0.4) is 0 Å². The number of primary amides is 1. The molecule has 1 heterocycles. The number of fused-ring (bicyclic) bond motifs is 2. The van der Waals surface area contributed by atoms with Crippen molar-refractivity contribution in [2.45, 2.75) is 70.7 Å². The maximum atomic E-state index is 13.6. The van der Waals surface area contributed by atoms with Gasteiger partial charge in [0.25, 0.3) is 5.91 Å². The van der Waals surface area contributed by atoms with E-state index in [2.05, 4.69) is 16.7 Å². The van der Waals surface area contributed by atoms with Gasteiger partial charge in [-0.2, -0.15) is 0 Å². The average Bonchev–Trinajstić information content (AvgIpc) is 3.27. The smallest absolute Gasteiger partial charge is 0.407 e. The van der Waals surface area contributed by atoms with Crippen molar-refractivity contribution < 1.29 is 19.1 Å². The Kier molecular flexibility index (Phi) is 7.52. The molecule has 4 aromatic rings. The molecule has 3 aromatic carbocycles. The molecular formula is C32H35N4O4. The third kappa shape index (κ3) is 6.11. The van der Waals surface area contributed by atoms with E-state index >= 15 is 0 Å². The summed E-state index contributed by atoms with van der Waals surface area (Å²) in [6.07, 6.45) is 2.62. The van der Waals surface area contributed by atoms with Gasteiger partial charge in [-0.25, -0.2) is 4.79 Å². The third-order valence-corrected chi connectivity index (χ3v) is 7.33. The van der Waals surface area contributed by atoms with Gasteiger partial charge in [-0.3, -0.25) is 9.59 Å². The summed E-state index contributed by atoms with van der Waals surface area (Å²) in [5, 5.41) is 9.01. The Morgan fingerprint density at radius 1 is 0.975 bits per heavy atom. The van der Waals surface area contributed by atoms with Crippen LogP contribution < -0.4 is 16.4 Å². The van der Waals surface area contributed by atoms with E-state index in [1.165, 1.54) is 0 Å². The van der Waals surface area contributed by atoms with Gasteiger partial charge in [-0.15, -0.1) is 0 Å². The van der Waals surface area contributed by atoms with E-state index < -0.39 is 17.6 Å². The van der Waals surface area contributed by atoms with Crippen molar-refractivity contribution in [2.24, 2.45) is 5.73 Å². The largest absolute Gasteiger partial charge is 0.444 e. The van der Waals surface area contributed by atoms with E-state index in [4.69, 9.17) is 10.5 Å². The summed E-state index contributed by atoms with van der Waals surface area (Å²) in [5.74, 6) is -0.650. The molecule has 0 unspecified atom stereocenters. The van der Waals surface area contributed by atoms with E-state index in [-0.39, 0.29) is 18.0 Å². The van der Waals surface area contributed by atoms with Gasteiger partial charge < -0.3 is 25.7 Å². The quantitative estimate of drug-likeness (QED) is 0.308. The number of benzene rings is 3. The van der Waals surface area contributed by atoms with Gasteiger partial charge in [0.05, 0.1) is 0 Å². The van der Waals surface area contributed by atoms with Crippen molar-refractivity contribution >= 4 is 39.6 Å². The van der Waals surface area contributed by atoms with Gasteiger partial charge in [0.15, 0.2) is 0 Å². The van der Waals surface area contributed by atoms with Crippen LogP contribution in [0, 0.1) is 6.07 Å². The maximum absolute atomic E-state index is 13.6. The molecule has 4 N–H and O–H groups in total. The van der Waals surface area contributed by atoms with E-state index in [9.17, 15) is 14.4 Å². The number of rotatable bonds is 6. The van der Waals surface area contributed by atoms with E-state index in [0.717, 1.165) is 52.9 Å². The normalized spacial score (nSPS) is 17.5. The van der Waals surface area contributed by atoms with Crippen LogP contribution in [0.1, 0.15) is 72.9 Å². The molecule has 1 aliphatic carbocycles. The van der Waals surface area contributed by atoms with Crippen molar-refractivity contribution in [3.8, 4) is 0 Å². The number of nitrogens with zero attached hydrogens (tertiary/aromatic N) is 1. The molecule has 0 spiro atoms. The number of carbonyl (C=O) groups is 3. The fraction of sp³-hybridized carbons (Fsp3) is 0.344. The van der Waals surface area contributed by atoms with Crippen LogP contribution in [-0.4, -0.2) is 40.2 Å². The minimum absolute atomic E-state index is 0.00114. The number of nitrogens with one attached hydrogen (secondary N) is 2. The first-order valence-electron chi connectivity index (χ1n) is 13.7. The Labute approximate surface area is 233 Å². The van der Waals surface area contributed by atoms with Crippen molar-refractivity contribution in [3.05, 3.63) is 83.6 Å².